The molecule has 6 heteroatoms. The van der Waals surface area contributed by atoms with Crippen molar-refractivity contribution in [2.45, 2.75) is 12.8 Å². The molecule has 3 rings (SSSR count). The molecule has 0 saturated carbocycles. The highest BCUT2D eigenvalue weighted by atomic mass is 32.1. The summed E-state index contributed by atoms with van der Waals surface area (Å²) < 4.78 is 0. The monoisotopic (exact) mass is 353 g/mol. The molecule has 0 aliphatic carbocycles. The van der Waals surface area contributed by atoms with Crippen molar-refractivity contribution in [3.05, 3.63) is 64.5 Å². The molecule has 128 valence electrons. The number of nitrogens with zero attached hydrogens (tertiary/aromatic N) is 1. The Balaban J connectivity index is 1.41. The van der Waals surface area contributed by atoms with Crippen LogP contribution in [0.25, 0.3) is 10.9 Å². The molecule has 3 aromatic rings. The largest absolute Gasteiger partial charge is 0.356 e. The number of carbonyl (C=O) groups excluding carboxylic acids is 2. The topological polar surface area (TPSA) is 71.1 Å². The van der Waals surface area contributed by atoms with Gasteiger partial charge in [-0.2, -0.15) is 11.3 Å². The first kappa shape index (κ1) is 17.1. The lowest BCUT2D eigenvalue weighted by Crippen LogP contribution is -2.31. The van der Waals surface area contributed by atoms with E-state index in [4.69, 9.17) is 0 Å². The summed E-state index contributed by atoms with van der Waals surface area (Å²) in [5.74, 6) is -0.213. The van der Waals surface area contributed by atoms with Crippen LogP contribution in [0.2, 0.25) is 0 Å². The minimum atomic E-state index is -0.143. The SMILES string of the molecule is O=C(CCNC(=O)c1ccsc1)NCCc1cccc2cccnc12. The minimum Gasteiger partial charge on any atom is -0.356 e. The molecular formula is C19H19N3O2S. The second-order valence-corrected chi connectivity index (χ2v) is 6.39. The van der Waals surface area contributed by atoms with Crippen LogP contribution < -0.4 is 10.6 Å². The van der Waals surface area contributed by atoms with E-state index >= 15 is 0 Å². The van der Waals surface area contributed by atoms with Gasteiger partial charge < -0.3 is 10.6 Å². The van der Waals surface area contributed by atoms with Gasteiger partial charge in [-0.1, -0.05) is 24.3 Å². The van der Waals surface area contributed by atoms with Crippen LogP contribution in [0, 0.1) is 0 Å². The number of para-hydroxylation sites is 1. The van der Waals surface area contributed by atoms with Crippen molar-refractivity contribution in [1.29, 1.82) is 0 Å². The molecule has 0 bridgehead atoms. The van der Waals surface area contributed by atoms with Gasteiger partial charge in [-0.05, 0) is 29.5 Å². The van der Waals surface area contributed by atoms with Crippen LogP contribution in [0.4, 0.5) is 0 Å². The summed E-state index contributed by atoms with van der Waals surface area (Å²) in [5, 5.41) is 10.4. The molecule has 1 aromatic carbocycles. The normalized spacial score (nSPS) is 10.6. The first-order valence-electron chi connectivity index (χ1n) is 8.14. The fourth-order valence-corrected chi connectivity index (χ4v) is 3.22. The molecule has 2 N–H and O–H groups in total. The standard InChI is InChI=1S/C19H19N3O2S/c23-17(7-11-22-19(24)16-8-12-25-13-16)20-10-6-15-4-1-3-14-5-2-9-21-18(14)15/h1-5,8-9,12-13H,6-7,10-11H2,(H,20,23)(H,22,24). The van der Waals surface area contributed by atoms with Crippen molar-refractivity contribution in [2.24, 2.45) is 0 Å². The number of pyridine rings is 1. The number of thiophene rings is 1. The van der Waals surface area contributed by atoms with Crippen LogP contribution in [0.15, 0.2) is 53.4 Å². The van der Waals surface area contributed by atoms with Crippen molar-refractivity contribution in [3.63, 3.8) is 0 Å². The Kier molecular flexibility index (Phi) is 5.74. The van der Waals surface area contributed by atoms with E-state index < -0.39 is 0 Å². The fourth-order valence-electron chi connectivity index (χ4n) is 2.58. The molecule has 0 fully saturated rings. The Morgan fingerprint density at radius 3 is 2.76 bits per heavy atom. The van der Waals surface area contributed by atoms with Crippen molar-refractivity contribution < 1.29 is 9.59 Å². The molecule has 25 heavy (non-hydrogen) atoms. The molecule has 0 saturated heterocycles. The summed E-state index contributed by atoms with van der Waals surface area (Å²) in [6.45, 7) is 0.878. The number of amides is 2. The number of hydrogen-bond donors (Lipinski definition) is 2. The molecular weight excluding hydrogens is 334 g/mol. The second kappa shape index (κ2) is 8.39. The maximum Gasteiger partial charge on any atom is 0.252 e. The van der Waals surface area contributed by atoms with Crippen molar-refractivity contribution in [1.82, 2.24) is 15.6 Å². The van der Waals surface area contributed by atoms with Crippen LogP contribution in [0.3, 0.4) is 0 Å². The van der Waals surface area contributed by atoms with Crippen LogP contribution in [-0.4, -0.2) is 29.9 Å². The van der Waals surface area contributed by atoms with Gasteiger partial charge >= 0.3 is 0 Å². The Labute approximate surface area is 150 Å². The predicted molar refractivity (Wildman–Crippen MR) is 99.7 cm³/mol. The molecule has 0 spiro atoms. The maximum atomic E-state index is 11.9. The first-order valence-corrected chi connectivity index (χ1v) is 9.08. The van der Waals surface area contributed by atoms with Gasteiger partial charge in [-0.3, -0.25) is 14.6 Å². The molecule has 0 aliphatic rings. The number of fused-ring (bicyclic) bond motifs is 1. The Morgan fingerprint density at radius 1 is 1.04 bits per heavy atom. The van der Waals surface area contributed by atoms with E-state index in [1.165, 1.54) is 11.3 Å². The van der Waals surface area contributed by atoms with E-state index in [0.29, 0.717) is 18.7 Å². The van der Waals surface area contributed by atoms with E-state index in [2.05, 4.69) is 15.6 Å². The zero-order chi connectivity index (χ0) is 17.5. The van der Waals surface area contributed by atoms with Crippen molar-refractivity contribution in [2.75, 3.05) is 13.1 Å². The molecule has 0 radical (unpaired) electrons. The van der Waals surface area contributed by atoms with Gasteiger partial charge in [0.05, 0.1) is 5.52 Å². The fraction of sp³-hybridized carbons (Fsp3) is 0.211. The number of carbonyl (C=O) groups is 2. The van der Waals surface area contributed by atoms with Crippen LogP contribution >= 0.6 is 11.3 Å². The van der Waals surface area contributed by atoms with Gasteiger partial charge in [0.25, 0.3) is 5.91 Å². The molecule has 2 heterocycles. The van der Waals surface area contributed by atoms with E-state index in [9.17, 15) is 9.59 Å². The smallest absolute Gasteiger partial charge is 0.252 e. The number of benzene rings is 1. The highest BCUT2D eigenvalue weighted by Crippen LogP contribution is 2.15. The van der Waals surface area contributed by atoms with E-state index in [0.717, 1.165) is 22.9 Å². The van der Waals surface area contributed by atoms with Crippen molar-refractivity contribution >= 4 is 34.1 Å². The predicted octanol–water partition coefficient (Wildman–Crippen LogP) is 2.78. The Hall–Kier alpha value is -2.73. The van der Waals surface area contributed by atoms with Crippen LogP contribution in [0.5, 0.6) is 0 Å². The van der Waals surface area contributed by atoms with E-state index in [1.54, 1.807) is 17.6 Å². The average Bonchev–Trinajstić information content (AvgIpc) is 3.17. The summed E-state index contributed by atoms with van der Waals surface area (Å²) in [5.41, 5.74) is 2.72. The first-order chi connectivity index (χ1) is 12.2. The van der Waals surface area contributed by atoms with Gasteiger partial charge in [0.2, 0.25) is 5.91 Å². The van der Waals surface area contributed by atoms with Gasteiger partial charge in [-0.25, -0.2) is 0 Å². The number of nitrogens with one attached hydrogen (secondary N) is 2. The third-order valence-corrected chi connectivity index (χ3v) is 4.54. The lowest BCUT2D eigenvalue weighted by molar-refractivity contribution is -0.120. The second-order valence-electron chi connectivity index (χ2n) is 5.61. The molecule has 0 atom stereocenters. The summed E-state index contributed by atoms with van der Waals surface area (Å²) in [6.07, 6.45) is 2.77. The zero-order valence-electron chi connectivity index (χ0n) is 13.7. The molecule has 2 aromatic heterocycles. The maximum absolute atomic E-state index is 11.9. The van der Waals surface area contributed by atoms with Gasteiger partial charge in [0, 0.05) is 42.0 Å². The Morgan fingerprint density at radius 2 is 1.92 bits per heavy atom. The highest BCUT2D eigenvalue weighted by Gasteiger charge is 2.07. The quantitative estimate of drug-likeness (QED) is 0.686. The molecule has 0 unspecified atom stereocenters. The zero-order valence-corrected chi connectivity index (χ0v) is 14.5. The van der Waals surface area contributed by atoms with E-state index in [-0.39, 0.29) is 18.2 Å². The third kappa shape index (κ3) is 4.64. The third-order valence-electron chi connectivity index (χ3n) is 3.85. The van der Waals surface area contributed by atoms with Gasteiger partial charge in [0.1, 0.15) is 0 Å². The van der Waals surface area contributed by atoms with E-state index in [1.807, 2.05) is 35.7 Å². The average molecular weight is 353 g/mol. The highest BCUT2D eigenvalue weighted by molar-refractivity contribution is 7.08. The van der Waals surface area contributed by atoms with Crippen molar-refractivity contribution in [3.8, 4) is 0 Å². The van der Waals surface area contributed by atoms with Gasteiger partial charge in [0.15, 0.2) is 0 Å². The van der Waals surface area contributed by atoms with Crippen LogP contribution in [0.1, 0.15) is 22.3 Å². The molecule has 5 nitrogen and oxygen atoms in total. The summed E-state index contributed by atoms with van der Waals surface area (Å²) in [7, 11) is 0. The minimum absolute atomic E-state index is 0.0705. The van der Waals surface area contributed by atoms with Crippen LogP contribution in [-0.2, 0) is 11.2 Å². The Bertz CT molecular complexity index is 857. The summed E-state index contributed by atoms with van der Waals surface area (Å²) in [4.78, 5) is 28.1. The lowest BCUT2D eigenvalue weighted by Gasteiger charge is -2.08. The number of hydrogen-bond acceptors (Lipinski definition) is 4. The summed E-state index contributed by atoms with van der Waals surface area (Å²) in [6, 6.07) is 11.8. The summed E-state index contributed by atoms with van der Waals surface area (Å²) >= 11 is 1.47. The van der Waals surface area contributed by atoms with Gasteiger partial charge in [-0.15, -0.1) is 0 Å². The molecule has 0 aliphatic heterocycles. The molecule has 2 amide bonds. The number of aromatic nitrogens is 1. The lowest BCUT2D eigenvalue weighted by atomic mass is 10.1. The number of rotatable bonds is 7.